The molecule has 8 heteroatoms. The van der Waals surface area contributed by atoms with Gasteiger partial charge in [-0.25, -0.2) is 8.42 Å². The van der Waals surface area contributed by atoms with E-state index in [1.165, 1.54) is 19.3 Å². The molecule has 4 rings (SSSR count). The zero-order valence-electron chi connectivity index (χ0n) is 20.1. The highest BCUT2D eigenvalue weighted by Crippen LogP contribution is 2.34. The molecule has 0 spiro atoms. The van der Waals surface area contributed by atoms with Gasteiger partial charge in [-0.3, -0.25) is 9.69 Å². The van der Waals surface area contributed by atoms with E-state index in [-0.39, 0.29) is 16.3 Å². The topological polar surface area (TPSA) is 79.0 Å². The predicted molar refractivity (Wildman–Crippen MR) is 129 cm³/mol. The van der Waals surface area contributed by atoms with Crippen LogP contribution in [0.1, 0.15) is 62.7 Å². The van der Waals surface area contributed by atoms with Gasteiger partial charge in [-0.1, -0.05) is 33.1 Å². The van der Waals surface area contributed by atoms with Crippen LogP contribution >= 0.6 is 0 Å². The summed E-state index contributed by atoms with van der Waals surface area (Å²) in [6, 6.07) is 6.43. The molecule has 3 aliphatic rings. The number of morpholine rings is 1. The Morgan fingerprint density at radius 1 is 1.03 bits per heavy atom. The van der Waals surface area contributed by atoms with E-state index < -0.39 is 10.0 Å². The predicted octanol–water partition coefficient (Wildman–Crippen LogP) is 3.12. The maximum Gasteiger partial charge on any atom is 0.251 e. The number of benzene rings is 1. The molecule has 3 fully saturated rings. The van der Waals surface area contributed by atoms with Crippen molar-refractivity contribution in [3.05, 3.63) is 29.8 Å². The average molecular weight is 478 g/mol. The van der Waals surface area contributed by atoms with E-state index in [1.807, 2.05) is 0 Å². The van der Waals surface area contributed by atoms with E-state index in [2.05, 4.69) is 24.1 Å². The molecule has 7 nitrogen and oxygen atoms in total. The van der Waals surface area contributed by atoms with Crippen LogP contribution in [0.15, 0.2) is 29.2 Å². The highest BCUT2D eigenvalue weighted by Gasteiger charge is 2.39. The van der Waals surface area contributed by atoms with Gasteiger partial charge in [0.1, 0.15) is 0 Å². The largest absolute Gasteiger partial charge is 0.379 e. The maximum atomic E-state index is 13.1. The molecule has 1 aliphatic carbocycles. The van der Waals surface area contributed by atoms with Crippen LogP contribution in [0.5, 0.6) is 0 Å². The number of ether oxygens (including phenoxy) is 1. The first-order valence-electron chi connectivity index (χ1n) is 12.5. The molecule has 2 heterocycles. The SMILES string of the molecule is C[C@@H]1C[C@H](C)CN(S(=O)(=O)c2ccc(C(=O)NCC3(N4CCOCC4)CCCCC3)cc2)C1. The molecule has 184 valence electrons. The summed E-state index contributed by atoms with van der Waals surface area (Å²) >= 11 is 0. The summed E-state index contributed by atoms with van der Waals surface area (Å²) in [4.78, 5) is 15.7. The third-order valence-electron chi connectivity index (χ3n) is 7.63. The Kier molecular flexibility index (Phi) is 7.78. The van der Waals surface area contributed by atoms with Crippen LogP contribution in [-0.4, -0.2) is 75.0 Å². The molecule has 33 heavy (non-hydrogen) atoms. The molecule has 1 saturated carbocycles. The molecule has 0 bridgehead atoms. The minimum Gasteiger partial charge on any atom is -0.379 e. The van der Waals surface area contributed by atoms with E-state index in [4.69, 9.17) is 4.74 Å². The molecular formula is C25H39N3O4S. The van der Waals surface area contributed by atoms with Gasteiger partial charge in [0.25, 0.3) is 5.91 Å². The van der Waals surface area contributed by atoms with Crippen molar-refractivity contribution in [3.8, 4) is 0 Å². The number of rotatable bonds is 6. The second-order valence-electron chi connectivity index (χ2n) is 10.4. The Morgan fingerprint density at radius 2 is 1.64 bits per heavy atom. The second-order valence-corrected chi connectivity index (χ2v) is 12.3. The molecule has 2 aliphatic heterocycles. The molecule has 0 unspecified atom stereocenters. The Hall–Kier alpha value is -1.48. The van der Waals surface area contributed by atoms with Gasteiger partial charge >= 0.3 is 0 Å². The Bertz CT molecular complexity index is 896. The second kappa shape index (κ2) is 10.4. The van der Waals surface area contributed by atoms with Crippen LogP contribution in [0.25, 0.3) is 0 Å². The molecule has 2 atom stereocenters. The van der Waals surface area contributed by atoms with Crippen LogP contribution in [-0.2, 0) is 14.8 Å². The van der Waals surface area contributed by atoms with Gasteiger partial charge in [-0.2, -0.15) is 4.31 Å². The van der Waals surface area contributed by atoms with Crippen molar-refractivity contribution in [1.29, 1.82) is 0 Å². The van der Waals surface area contributed by atoms with Crippen molar-refractivity contribution in [2.75, 3.05) is 45.9 Å². The Morgan fingerprint density at radius 3 is 2.24 bits per heavy atom. The lowest BCUT2D eigenvalue weighted by molar-refractivity contribution is -0.0361. The van der Waals surface area contributed by atoms with E-state index in [1.54, 1.807) is 28.6 Å². The fourth-order valence-corrected chi connectivity index (χ4v) is 7.61. The van der Waals surface area contributed by atoms with Gasteiger partial charge in [0.2, 0.25) is 10.0 Å². The first kappa shape index (κ1) is 24.6. The first-order chi connectivity index (χ1) is 15.8. The highest BCUT2D eigenvalue weighted by molar-refractivity contribution is 7.89. The van der Waals surface area contributed by atoms with Crippen LogP contribution in [0.3, 0.4) is 0 Å². The number of nitrogens with one attached hydrogen (secondary N) is 1. The lowest BCUT2D eigenvalue weighted by atomic mass is 9.79. The number of carbonyl (C=O) groups excluding carboxylic acids is 1. The number of nitrogens with zero attached hydrogens (tertiary/aromatic N) is 2. The number of hydrogen-bond donors (Lipinski definition) is 1. The third kappa shape index (κ3) is 5.61. The van der Waals surface area contributed by atoms with Crippen LogP contribution < -0.4 is 5.32 Å². The number of sulfonamides is 1. The minimum atomic E-state index is -3.54. The summed E-state index contributed by atoms with van der Waals surface area (Å²) < 4.78 is 33.4. The van der Waals surface area contributed by atoms with Gasteiger partial charge in [-0.05, 0) is 55.4 Å². The Balaban J connectivity index is 1.41. The van der Waals surface area contributed by atoms with Crippen molar-refractivity contribution in [2.24, 2.45) is 11.8 Å². The van der Waals surface area contributed by atoms with Crippen molar-refractivity contribution in [1.82, 2.24) is 14.5 Å². The lowest BCUT2D eigenvalue weighted by Crippen LogP contribution is -2.59. The summed E-state index contributed by atoms with van der Waals surface area (Å²) in [6.45, 7) is 9.25. The van der Waals surface area contributed by atoms with Crippen LogP contribution in [0, 0.1) is 11.8 Å². The van der Waals surface area contributed by atoms with Crippen LogP contribution in [0.4, 0.5) is 0 Å². The van der Waals surface area contributed by atoms with E-state index in [0.717, 1.165) is 45.6 Å². The van der Waals surface area contributed by atoms with Gasteiger partial charge in [0.05, 0.1) is 18.1 Å². The van der Waals surface area contributed by atoms with Crippen molar-refractivity contribution < 1.29 is 17.9 Å². The lowest BCUT2D eigenvalue weighted by Gasteiger charge is -2.48. The van der Waals surface area contributed by atoms with E-state index >= 15 is 0 Å². The molecular weight excluding hydrogens is 438 g/mol. The molecule has 1 aromatic rings. The quantitative estimate of drug-likeness (QED) is 0.681. The smallest absolute Gasteiger partial charge is 0.251 e. The maximum absolute atomic E-state index is 13.1. The fourth-order valence-electron chi connectivity index (χ4n) is 5.93. The molecule has 2 saturated heterocycles. The van der Waals surface area contributed by atoms with Gasteiger partial charge in [0, 0.05) is 43.8 Å². The van der Waals surface area contributed by atoms with Crippen molar-refractivity contribution >= 4 is 15.9 Å². The zero-order valence-corrected chi connectivity index (χ0v) is 20.9. The summed E-state index contributed by atoms with van der Waals surface area (Å²) in [5.41, 5.74) is 0.505. The summed E-state index contributed by atoms with van der Waals surface area (Å²) in [6.07, 6.45) is 6.87. The fraction of sp³-hybridized carbons (Fsp3) is 0.720. The van der Waals surface area contributed by atoms with Gasteiger partial charge < -0.3 is 10.1 Å². The van der Waals surface area contributed by atoms with Gasteiger partial charge in [0.15, 0.2) is 0 Å². The number of amides is 1. The van der Waals surface area contributed by atoms with Crippen molar-refractivity contribution in [3.63, 3.8) is 0 Å². The molecule has 0 radical (unpaired) electrons. The first-order valence-corrected chi connectivity index (χ1v) is 14.0. The zero-order chi connectivity index (χ0) is 23.5. The summed E-state index contributed by atoms with van der Waals surface area (Å²) in [5, 5.41) is 3.16. The Labute approximate surface area is 198 Å². The molecule has 1 aromatic carbocycles. The highest BCUT2D eigenvalue weighted by atomic mass is 32.2. The number of piperidine rings is 1. The van der Waals surface area contributed by atoms with Gasteiger partial charge in [-0.15, -0.1) is 0 Å². The number of carbonyl (C=O) groups is 1. The summed E-state index contributed by atoms with van der Waals surface area (Å²) in [5.74, 6) is 0.566. The van der Waals surface area contributed by atoms with E-state index in [9.17, 15) is 13.2 Å². The third-order valence-corrected chi connectivity index (χ3v) is 9.48. The monoisotopic (exact) mass is 477 g/mol. The van der Waals surface area contributed by atoms with Crippen LogP contribution in [0.2, 0.25) is 0 Å². The number of hydrogen-bond acceptors (Lipinski definition) is 5. The normalized spacial score (nSPS) is 27.2. The average Bonchev–Trinajstić information content (AvgIpc) is 2.83. The molecule has 1 amide bonds. The standard InChI is InChI=1S/C25H39N3O4S/c1-20-16-21(2)18-28(17-20)33(30,31)23-8-6-22(7-9-23)24(29)26-19-25(10-4-3-5-11-25)27-12-14-32-15-13-27/h6-9,20-21H,3-5,10-19H2,1-2H3,(H,26,29)/t20-,21+. The molecule has 1 N–H and O–H groups in total. The van der Waals surface area contributed by atoms with Crippen molar-refractivity contribution in [2.45, 2.75) is 62.8 Å². The minimum absolute atomic E-state index is 0.00260. The summed E-state index contributed by atoms with van der Waals surface area (Å²) in [7, 11) is -3.54. The molecule has 0 aromatic heterocycles. The van der Waals surface area contributed by atoms with E-state index in [0.29, 0.717) is 37.0 Å².